The maximum absolute atomic E-state index is 11.2. The van der Waals surface area contributed by atoms with Gasteiger partial charge in [0.15, 0.2) is 0 Å². The topological polar surface area (TPSA) is 30.2 Å². The standard InChI is InChI=1S/C11H10O2S/c1-6-5-10(12)13-11-7(2)9(14)4-3-8(6)11/h3-5,14H,1-2H3. The van der Waals surface area contributed by atoms with E-state index < -0.39 is 0 Å². The van der Waals surface area contributed by atoms with Gasteiger partial charge in [0.05, 0.1) is 0 Å². The van der Waals surface area contributed by atoms with E-state index in [1.807, 2.05) is 26.0 Å². The van der Waals surface area contributed by atoms with Crippen molar-refractivity contribution in [3.05, 3.63) is 39.7 Å². The highest BCUT2D eigenvalue weighted by Gasteiger charge is 2.06. The molecule has 0 aliphatic rings. The van der Waals surface area contributed by atoms with E-state index in [-0.39, 0.29) is 5.63 Å². The van der Waals surface area contributed by atoms with Crippen molar-refractivity contribution in [3.63, 3.8) is 0 Å². The summed E-state index contributed by atoms with van der Waals surface area (Å²) in [7, 11) is 0. The SMILES string of the molecule is Cc1cc(=O)oc2c(C)c(S)ccc12. The molecule has 0 aliphatic carbocycles. The molecule has 2 nitrogen and oxygen atoms in total. The first kappa shape index (κ1) is 9.34. The van der Waals surface area contributed by atoms with Gasteiger partial charge in [0.25, 0.3) is 0 Å². The molecule has 1 heterocycles. The highest BCUT2D eigenvalue weighted by molar-refractivity contribution is 7.80. The van der Waals surface area contributed by atoms with Gasteiger partial charge in [0.1, 0.15) is 5.58 Å². The lowest BCUT2D eigenvalue weighted by Gasteiger charge is -2.04. The zero-order chi connectivity index (χ0) is 10.3. The van der Waals surface area contributed by atoms with Crippen LogP contribution in [0.1, 0.15) is 11.1 Å². The Balaban J connectivity index is 3.02. The van der Waals surface area contributed by atoms with E-state index in [1.54, 1.807) is 0 Å². The second-order valence-electron chi connectivity index (χ2n) is 3.33. The van der Waals surface area contributed by atoms with Gasteiger partial charge in [-0.25, -0.2) is 4.79 Å². The highest BCUT2D eigenvalue weighted by atomic mass is 32.1. The fourth-order valence-corrected chi connectivity index (χ4v) is 1.68. The van der Waals surface area contributed by atoms with Gasteiger partial charge < -0.3 is 4.42 Å². The van der Waals surface area contributed by atoms with Crippen LogP contribution >= 0.6 is 12.6 Å². The summed E-state index contributed by atoms with van der Waals surface area (Å²) in [6.45, 7) is 3.80. The predicted octanol–water partition coefficient (Wildman–Crippen LogP) is 2.70. The van der Waals surface area contributed by atoms with E-state index in [2.05, 4.69) is 12.6 Å². The Labute approximate surface area is 87.0 Å². The molecule has 0 N–H and O–H groups in total. The average molecular weight is 206 g/mol. The Morgan fingerprint density at radius 2 is 2.00 bits per heavy atom. The van der Waals surface area contributed by atoms with Crippen molar-refractivity contribution in [1.29, 1.82) is 0 Å². The second-order valence-corrected chi connectivity index (χ2v) is 3.82. The first-order chi connectivity index (χ1) is 6.59. The Morgan fingerprint density at radius 3 is 2.71 bits per heavy atom. The first-order valence-corrected chi connectivity index (χ1v) is 4.77. The van der Waals surface area contributed by atoms with Crippen molar-refractivity contribution < 1.29 is 4.42 Å². The zero-order valence-electron chi connectivity index (χ0n) is 8.00. The lowest BCUT2D eigenvalue weighted by Crippen LogP contribution is -1.99. The van der Waals surface area contributed by atoms with Crippen LogP contribution in [0, 0.1) is 13.8 Å². The summed E-state index contributed by atoms with van der Waals surface area (Å²) in [4.78, 5) is 12.0. The molecule has 0 aliphatic heterocycles. The van der Waals surface area contributed by atoms with Crippen molar-refractivity contribution in [2.75, 3.05) is 0 Å². The molecule has 2 aromatic rings. The molecule has 0 unspecified atom stereocenters. The molecule has 3 heteroatoms. The molecule has 0 fully saturated rings. The molecule has 14 heavy (non-hydrogen) atoms. The van der Waals surface area contributed by atoms with Crippen LogP contribution in [0.2, 0.25) is 0 Å². The Hall–Kier alpha value is -1.22. The van der Waals surface area contributed by atoms with Gasteiger partial charge in [-0.1, -0.05) is 0 Å². The summed E-state index contributed by atoms with van der Waals surface area (Å²) in [6, 6.07) is 5.33. The summed E-state index contributed by atoms with van der Waals surface area (Å²) in [5, 5.41) is 0.972. The Morgan fingerprint density at radius 1 is 1.29 bits per heavy atom. The molecule has 0 atom stereocenters. The quantitative estimate of drug-likeness (QED) is 0.530. The van der Waals surface area contributed by atoms with E-state index in [1.165, 1.54) is 6.07 Å². The highest BCUT2D eigenvalue weighted by Crippen LogP contribution is 2.24. The molecule has 0 saturated heterocycles. The Bertz CT molecular complexity index is 555. The third kappa shape index (κ3) is 1.34. The molecule has 1 aromatic heterocycles. The predicted molar refractivity (Wildman–Crippen MR) is 59.2 cm³/mol. The third-order valence-electron chi connectivity index (χ3n) is 2.34. The maximum Gasteiger partial charge on any atom is 0.336 e. The molecule has 0 amide bonds. The fourth-order valence-electron chi connectivity index (χ4n) is 1.51. The number of hydrogen-bond acceptors (Lipinski definition) is 3. The van der Waals surface area contributed by atoms with E-state index in [9.17, 15) is 4.79 Å². The number of thiol groups is 1. The van der Waals surface area contributed by atoms with Crippen LogP contribution in [0.25, 0.3) is 11.0 Å². The third-order valence-corrected chi connectivity index (χ3v) is 2.82. The van der Waals surface area contributed by atoms with Crippen LogP contribution in [0.4, 0.5) is 0 Å². The largest absolute Gasteiger partial charge is 0.422 e. The van der Waals surface area contributed by atoms with E-state index in [0.717, 1.165) is 21.4 Å². The summed E-state index contributed by atoms with van der Waals surface area (Å²) >= 11 is 4.28. The van der Waals surface area contributed by atoms with Crippen LogP contribution in [0.3, 0.4) is 0 Å². The second kappa shape index (κ2) is 3.17. The van der Waals surface area contributed by atoms with Gasteiger partial charge in [-0.2, -0.15) is 0 Å². The smallest absolute Gasteiger partial charge is 0.336 e. The molecule has 0 radical (unpaired) electrons. The van der Waals surface area contributed by atoms with Gasteiger partial charge in [-0.05, 0) is 31.5 Å². The molecular weight excluding hydrogens is 196 g/mol. The molecule has 1 aromatic carbocycles. The fraction of sp³-hybridized carbons (Fsp3) is 0.182. The lowest BCUT2D eigenvalue weighted by molar-refractivity contribution is 0.556. The normalized spacial score (nSPS) is 10.8. The van der Waals surface area contributed by atoms with Gasteiger partial charge in [0, 0.05) is 21.9 Å². The molecule has 0 saturated carbocycles. The minimum Gasteiger partial charge on any atom is -0.422 e. The summed E-state index contributed by atoms with van der Waals surface area (Å²) in [5.74, 6) is 0. The molecule has 72 valence electrons. The maximum atomic E-state index is 11.2. The monoisotopic (exact) mass is 206 g/mol. The summed E-state index contributed by atoms with van der Waals surface area (Å²) in [5.41, 5.74) is 2.18. The van der Waals surface area contributed by atoms with Crippen molar-refractivity contribution in [1.82, 2.24) is 0 Å². The summed E-state index contributed by atoms with van der Waals surface area (Å²) < 4.78 is 5.15. The van der Waals surface area contributed by atoms with Crippen molar-refractivity contribution in [3.8, 4) is 0 Å². The number of rotatable bonds is 0. The molecule has 0 bridgehead atoms. The van der Waals surface area contributed by atoms with Crippen LogP contribution < -0.4 is 5.63 Å². The van der Waals surface area contributed by atoms with Crippen LogP contribution in [0.15, 0.2) is 32.3 Å². The van der Waals surface area contributed by atoms with E-state index in [4.69, 9.17) is 4.42 Å². The van der Waals surface area contributed by atoms with E-state index >= 15 is 0 Å². The van der Waals surface area contributed by atoms with Crippen molar-refractivity contribution in [2.24, 2.45) is 0 Å². The van der Waals surface area contributed by atoms with Gasteiger partial charge in [-0.15, -0.1) is 12.6 Å². The van der Waals surface area contributed by atoms with Crippen LogP contribution in [0.5, 0.6) is 0 Å². The van der Waals surface area contributed by atoms with E-state index in [0.29, 0.717) is 5.58 Å². The number of aryl methyl sites for hydroxylation is 2. The van der Waals surface area contributed by atoms with Gasteiger partial charge >= 0.3 is 5.63 Å². The van der Waals surface area contributed by atoms with Crippen LogP contribution in [-0.4, -0.2) is 0 Å². The molecular formula is C11H10O2S. The lowest BCUT2D eigenvalue weighted by atomic mass is 10.1. The van der Waals surface area contributed by atoms with Gasteiger partial charge in [0.2, 0.25) is 0 Å². The zero-order valence-corrected chi connectivity index (χ0v) is 8.89. The number of benzene rings is 1. The minimum absolute atomic E-state index is 0.308. The summed E-state index contributed by atoms with van der Waals surface area (Å²) in [6.07, 6.45) is 0. The minimum atomic E-state index is -0.308. The Kier molecular flexibility index (Phi) is 2.11. The van der Waals surface area contributed by atoms with Crippen molar-refractivity contribution >= 4 is 23.6 Å². The number of fused-ring (bicyclic) bond motifs is 1. The average Bonchev–Trinajstić information content (AvgIpc) is 2.12. The molecule has 2 rings (SSSR count). The van der Waals surface area contributed by atoms with Crippen molar-refractivity contribution in [2.45, 2.75) is 18.7 Å². The first-order valence-electron chi connectivity index (χ1n) is 4.32. The number of hydrogen-bond donors (Lipinski definition) is 1. The molecule has 0 spiro atoms. The van der Waals surface area contributed by atoms with Gasteiger partial charge in [-0.3, -0.25) is 0 Å². The van der Waals surface area contributed by atoms with Crippen LogP contribution in [-0.2, 0) is 0 Å².